The Balaban J connectivity index is 0.000000221. The van der Waals surface area contributed by atoms with E-state index in [-0.39, 0.29) is 23.7 Å². The van der Waals surface area contributed by atoms with E-state index < -0.39 is 235 Å². The van der Waals surface area contributed by atoms with Crippen LogP contribution in [-0.4, -0.2) is 337 Å². The van der Waals surface area contributed by atoms with Crippen molar-refractivity contribution in [3.05, 3.63) is 69.8 Å². The van der Waals surface area contributed by atoms with Crippen molar-refractivity contribution in [2.45, 2.75) is 340 Å². The van der Waals surface area contributed by atoms with Crippen LogP contribution in [0.25, 0.3) is 0 Å². The first-order chi connectivity index (χ1) is 53.3. The predicted molar refractivity (Wildman–Crippen MR) is 387 cm³/mol. The molecular weight excluding hydrogens is 1480 g/mol. The molecule has 112 heavy (non-hydrogen) atoms. The Morgan fingerprint density at radius 3 is 1.02 bits per heavy atom. The molecule has 6 saturated heterocycles. The molecule has 0 aromatic heterocycles. The first-order valence-electron chi connectivity index (χ1n) is 39.4. The number of ether oxygens (including phenoxy) is 14. The maximum Gasteiger partial charge on any atom is 0.229 e. The zero-order chi connectivity index (χ0) is 81.3. The van der Waals surface area contributed by atoms with Gasteiger partial charge < -0.3 is 168 Å². The Labute approximate surface area is 650 Å². The van der Waals surface area contributed by atoms with E-state index in [2.05, 4.69) is 67.5 Å². The molecule has 12 rings (SSSR count). The van der Waals surface area contributed by atoms with Gasteiger partial charge in [0.2, 0.25) is 12.6 Å². The van der Waals surface area contributed by atoms with Gasteiger partial charge >= 0.3 is 0 Å². The number of rotatable bonds is 26. The van der Waals surface area contributed by atoms with Crippen molar-refractivity contribution >= 4 is 0 Å². The van der Waals surface area contributed by atoms with Crippen LogP contribution in [0.15, 0.2) is 47.6 Å². The minimum atomic E-state index is -1.94. The number of benzene rings is 2. The molecule has 0 spiro atoms. The second-order valence-corrected chi connectivity index (χ2v) is 32.6. The Morgan fingerprint density at radius 2 is 0.652 bits per heavy atom. The monoisotopic (exact) mass is 1600 g/mol. The van der Waals surface area contributed by atoms with Crippen LogP contribution in [0.1, 0.15) is 154 Å². The van der Waals surface area contributed by atoms with Crippen molar-refractivity contribution in [2.75, 3.05) is 39.6 Å². The average molecular weight is 1600 g/mol. The lowest BCUT2D eigenvalue weighted by atomic mass is 9.68. The molecule has 8 aliphatic heterocycles. The van der Waals surface area contributed by atoms with E-state index in [1.807, 2.05) is 24.3 Å². The molecule has 34 nitrogen and oxygen atoms in total. The van der Waals surface area contributed by atoms with Crippen LogP contribution in [0.3, 0.4) is 0 Å². The lowest BCUT2D eigenvalue weighted by molar-refractivity contribution is -0.384. The molecule has 6 fully saturated rings. The van der Waals surface area contributed by atoms with Crippen molar-refractivity contribution in [1.29, 1.82) is 0 Å². The molecule has 2 aromatic carbocycles. The van der Waals surface area contributed by atoms with Gasteiger partial charge in [0.15, 0.2) is 31.3 Å². The van der Waals surface area contributed by atoms with Gasteiger partial charge in [0.05, 0.1) is 39.6 Å². The van der Waals surface area contributed by atoms with Gasteiger partial charge in [0.25, 0.3) is 0 Å². The first-order valence-corrected chi connectivity index (χ1v) is 39.4. The first kappa shape index (κ1) is 88.7. The summed E-state index contributed by atoms with van der Waals surface area (Å²) in [6.07, 6.45) is -35.5. The highest BCUT2D eigenvalue weighted by Gasteiger charge is 2.59. The largest absolute Gasteiger partial charge is 0.487 e. The topological polar surface area (TPSA) is 534 Å². The molecule has 636 valence electrons. The van der Waals surface area contributed by atoms with Gasteiger partial charge in [0, 0.05) is 34.8 Å². The van der Waals surface area contributed by atoms with E-state index in [0.717, 1.165) is 92.9 Å². The van der Waals surface area contributed by atoms with Crippen LogP contribution in [-0.2, 0) is 60.2 Å². The van der Waals surface area contributed by atoms with Gasteiger partial charge in [-0.15, -0.1) is 0 Å². The van der Waals surface area contributed by atoms with Crippen LogP contribution in [0.5, 0.6) is 23.0 Å². The van der Waals surface area contributed by atoms with Crippen molar-refractivity contribution < 1.29 is 168 Å². The molecule has 8 heterocycles. The zero-order valence-corrected chi connectivity index (χ0v) is 64.5. The molecule has 0 bridgehead atoms. The lowest BCUT2D eigenvalue weighted by Gasteiger charge is -2.49. The summed E-state index contributed by atoms with van der Waals surface area (Å²) in [6.45, 7) is 12.1. The number of aliphatic hydroxyl groups is 20. The quantitative estimate of drug-likeness (QED) is 0.0348. The molecule has 34 atom stereocenters. The van der Waals surface area contributed by atoms with Gasteiger partial charge in [-0.3, -0.25) is 0 Å². The molecule has 0 radical (unpaired) electrons. The third-order valence-corrected chi connectivity index (χ3v) is 23.8. The number of aryl methyl sites for hydroxylation is 2. The molecule has 0 unspecified atom stereocenters. The smallest absolute Gasteiger partial charge is 0.229 e. The van der Waals surface area contributed by atoms with E-state index in [1.54, 1.807) is 0 Å². The Morgan fingerprint density at radius 1 is 0.348 bits per heavy atom. The number of unbranched alkanes of at least 4 members (excludes halogenated alkanes) is 4. The summed E-state index contributed by atoms with van der Waals surface area (Å²) >= 11 is 0. The second-order valence-electron chi connectivity index (χ2n) is 32.6. The number of aliphatic hydroxyl groups excluding tert-OH is 20. The van der Waals surface area contributed by atoms with Gasteiger partial charge in [0.1, 0.15) is 175 Å². The fourth-order valence-corrected chi connectivity index (χ4v) is 17.2. The van der Waals surface area contributed by atoms with Crippen molar-refractivity contribution in [3.8, 4) is 23.0 Å². The Bertz CT molecular complexity index is 3410. The lowest BCUT2D eigenvalue weighted by Crippen LogP contribution is -2.67. The number of hydrogen-bond donors (Lipinski definition) is 20. The van der Waals surface area contributed by atoms with E-state index in [1.165, 1.54) is 11.1 Å². The minimum Gasteiger partial charge on any atom is -0.487 e. The minimum absolute atomic E-state index is 0.0645. The number of hydrogen-bond acceptors (Lipinski definition) is 34. The third kappa shape index (κ3) is 18.7. The molecular formula is C78H120O34. The SMILES string of the molecule is CCCCCc1cc(O[C@@H]2O[C@H](CO)[C@@H](O)[C@H](O[C@@H]3O[C@H](CO)[C@@H](O)[C@H](O)[C@H]3O)[C@H]2O[C@@H]2O[C@H](CO)[C@@H](O)[C@H](O)[C@H]2O)c2c(c1)OC(C)(C)[C@@H]1CCC(C)=C[C@@H]21.CCCCCc1cc(O[C@@H]2O[C@H](CO)[C@@H](O)[C@H](O[C@@H]3O[C@H](CO)[C@@H](O)[C@H](O[C@@H]4O[C@H](CO)[C@@H](O)[C@H](O)[C@H]4O)[C@H]3O)[C@H]2O)c2c(c1)OC(C)(C)[C@@H]1CCC(C)=C[C@@H]21. The van der Waals surface area contributed by atoms with Crippen molar-refractivity contribution in [1.82, 2.24) is 0 Å². The molecule has 0 saturated carbocycles. The van der Waals surface area contributed by atoms with Gasteiger partial charge in [-0.1, -0.05) is 62.8 Å². The third-order valence-electron chi connectivity index (χ3n) is 23.8. The fourth-order valence-electron chi connectivity index (χ4n) is 17.2. The van der Waals surface area contributed by atoms with Crippen LogP contribution in [0.4, 0.5) is 0 Å². The maximum absolute atomic E-state index is 11.8. The van der Waals surface area contributed by atoms with Gasteiger partial charge in [-0.25, -0.2) is 0 Å². The average Bonchev–Trinajstić information content (AvgIpc) is 0.741. The summed E-state index contributed by atoms with van der Waals surface area (Å²) in [5.41, 5.74) is 4.80. The summed E-state index contributed by atoms with van der Waals surface area (Å²) < 4.78 is 85.1. The standard InChI is InChI=1S/2C39H60O17/c1-5-6-7-8-18-12-21(26-19-11-17(2)9-10-20(19)39(3,4)56-22(26)13-18)50-37-32(48)34(28(44)24(15-41)52-37)55-38-33(49)35(29(45)25(16-42)53-38)54-36-31(47)30(46)27(43)23(14-40)51-36;1-5-6-7-8-18-12-21(26-19-11-17(2)9-10-20(19)39(3,4)56-22(26)13-18)50-38-35(55-37-33(49)31(47)28(44)24(15-41)52-37)34(29(45)25(16-42)53-38)54-36-32(48)30(46)27(43)23(14-40)51-36/h2*11-13,19-20,23-25,27-38,40-49H,5-10,14-16H2,1-4H3/t19-,20-,23-,24-,25-,27-,28-,29-,30+,31-,32-,33-,34+,35+,36+,37-,38+;19-,20-,23-,24-,25-,27-,28-,29-,30+,31+,32-,33-,34+,35-,36+,37+,38-/m11/s1. The molecule has 2 aliphatic carbocycles. The molecule has 34 heteroatoms. The summed E-state index contributed by atoms with van der Waals surface area (Å²) in [6, 6.07) is 7.83. The normalized spacial score (nSPS) is 42.2. The van der Waals surface area contributed by atoms with E-state index in [9.17, 15) is 102 Å². The highest BCUT2D eigenvalue weighted by molar-refractivity contribution is 5.56. The second kappa shape index (κ2) is 37.9. The Hall–Kier alpha value is -4.08. The van der Waals surface area contributed by atoms with Crippen LogP contribution in [0, 0.1) is 11.8 Å². The summed E-state index contributed by atoms with van der Waals surface area (Å²) in [4.78, 5) is 0. The Kier molecular flexibility index (Phi) is 30.0. The van der Waals surface area contributed by atoms with Crippen molar-refractivity contribution in [2.24, 2.45) is 11.8 Å². The molecule has 0 amide bonds. The summed E-state index contributed by atoms with van der Waals surface area (Å²) in [5, 5.41) is 212. The molecule has 10 aliphatic rings. The van der Waals surface area contributed by atoms with E-state index in [0.29, 0.717) is 29.4 Å². The molecule has 2 aromatic rings. The van der Waals surface area contributed by atoms with Gasteiger partial charge in [-0.05, 0) is 128 Å². The zero-order valence-electron chi connectivity index (χ0n) is 64.5. The highest BCUT2D eigenvalue weighted by Crippen LogP contribution is 2.57. The van der Waals surface area contributed by atoms with Gasteiger partial charge in [-0.2, -0.15) is 0 Å². The molecule has 20 N–H and O–H groups in total. The number of allylic oxidation sites excluding steroid dienone is 4. The van der Waals surface area contributed by atoms with E-state index in [4.69, 9.17) is 66.3 Å². The van der Waals surface area contributed by atoms with Crippen LogP contribution in [0.2, 0.25) is 0 Å². The van der Waals surface area contributed by atoms with Crippen molar-refractivity contribution in [3.63, 3.8) is 0 Å². The van der Waals surface area contributed by atoms with Crippen LogP contribution >= 0.6 is 0 Å². The summed E-state index contributed by atoms with van der Waals surface area (Å²) in [5.74, 6) is 1.96. The van der Waals surface area contributed by atoms with E-state index >= 15 is 0 Å². The maximum atomic E-state index is 11.8. The fraction of sp³-hybridized carbons (Fsp3) is 0.795. The number of fused-ring (bicyclic) bond motifs is 6. The van der Waals surface area contributed by atoms with Crippen LogP contribution < -0.4 is 18.9 Å². The predicted octanol–water partition coefficient (Wildman–Crippen LogP) is -2.29. The highest BCUT2D eigenvalue weighted by atomic mass is 16.8. The summed E-state index contributed by atoms with van der Waals surface area (Å²) in [7, 11) is 0.